The summed E-state index contributed by atoms with van der Waals surface area (Å²) in [5.74, 6) is 2.93. The monoisotopic (exact) mass is 188 g/mol. The summed E-state index contributed by atoms with van der Waals surface area (Å²) < 4.78 is 5.05. The number of hydrogen-bond donors (Lipinski definition) is 0. The van der Waals surface area contributed by atoms with E-state index in [1.165, 1.54) is 13.2 Å². The van der Waals surface area contributed by atoms with Crippen LogP contribution in [0.5, 0.6) is 5.75 Å². The maximum absolute atomic E-state index is 11.5. The van der Waals surface area contributed by atoms with Gasteiger partial charge < -0.3 is 4.74 Å². The highest BCUT2D eigenvalue weighted by Crippen LogP contribution is 2.12. The summed E-state index contributed by atoms with van der Waals surface area (Å²) in [6.45, 7) is 0. The molecule has 1 aromatic carbocycles. The smallest absolute Gasteiger partial charge is 0.220 e. The average Bonchev–Trinajstić information content (AvgIpc) is 2.36. The van der Waals surface area contributed by atoms with Crippen LogP contribution >= 0.6 is 0 Å². The predicted molar refractivity (Wildman–Crippen MR) is 56.4 cm³/mol. The van der Waals surface area contributed by atoms with Gasteiger partial charge in [0.2, 0.25) is 5.43 Å². The lowest BCUT2D eigenvalue weighted by atomic mass is 10.1. The molecule has 0 amide bonds. The Morgan fingerprint density at radius 3 is 2.79 bits per heavy atom. The molecule has 0 spiro atoms. The van der Waals surface area contributed by atoms with E-state index < -0.39 is 0 Å². The first-order valence-electron chi connectivity index (χ1n) is 4.39. The molecule has 0 radical (unpaired) electrons. The first-order chi connectivity index (χ1) is 6.79. The van der Waals surface area contributed by atoms with E-state index in [0.29, 0.717) is 18.6 Å². The van der Waals surface area contributed by atoms with Gasteiger partial charge in [0, 0.05) is 6.42 Å². The van der Waals surface area contributed by atoms with Crippen molar-refractivity contribution in [3.63, 3.8) is 0 Å². The quantitative estimate of drug-likeness (QED) is 0.674. The molecule has 0 heterocycles. The van der Waals surface area contributed by atoms with Crippen molar-refractivity contribution in [3.8, 4) is 18.1 Å². The van der Waals surface area contributed by atoms with Gasteiger partial charge in [-0.3, -0.25) is 4.79 Å². The van der Waals surface area contributed by atoms with E-state index in [2.05, 4.69) is 5.92 Å². The van der Waals surface area contributed by atoms with Crippen molar-refractivity contribution >= 4 is 0 Å². The highest BCUT2D eigenvalue weighted by molar-refractivity contribution is 5.32. The van der Waals surface area contributed by atoms with Crippen molar-refractivity contribution in [2.24, 2.45) is 0 Å². The Bertz CT molecular complexity index is 402. The molecule has 0 aliphatic carbocycles. The molecule has 1 rings (SSSR count). The summed E-state index contributed by atoms with van der Waals surface area (Å²) in [4.78, 5) is 11.5. The molecule has 0 N–H and O–H groups in total. The second kappa shape index (κ2) is 5.08. The molecule has 0 saturated heterocycles. The number of methoxy groups -OCH3 is 1. The minimum absolute atomic E-state index is 0.107. The molecule has 72 valence electrons. The molecular formula is C12H12O2. The van der Waals surface area contributed by atoms with Crippen LogP contribution in [-0.4, -0.2) is 7.11 Å². The second-order valence-corrected chi connectivity index (χ2v) is 2.85. The maximum Gasteiger partial charge on any atom is 0.220 e. The summed E-state index contributed by atoms with van der Waals surface area (Å²) in [6, 6.07) is 6.86. The SMILES string of the molecule is C#CCCc1ccccc(=O)c1OC. The molecular weight excluding hydrogens is 176 g/mol. The van der Waals surface area contributed by atoms with Crippen LogP contribution in [0.2, 0.25) is 0 Å². The number of terminal acetylenes is 1. The second-order valence-electron chi connectivity index (χ2n) is 2.85. The van der Waals surface area contributed by atoms with Crippen molar-refractivity contribution in [2.75, 3.05) is 7.11 Å². The lowest BCUT2D eigenvalue weighted by Crippen LogP contribution is -2.03. The van der Waals surface area contributed by atoms with Gasteiger partial charge in [-0.2, -0.15) is 0 Å². The van der Waals surface area contributed by atoms with Gasteiger partial charge in [0.1, 0.15) is 0 Å². The van der Waals surface area contributed by atoms with Crippen LogP contribution in [0.25, 0.3) is 0 Å². The van der Waals surface area contributed by atoms with E-state index in [-0.39, 0.29) is 5.43 Å². The van der Waals surface area contributed by atoms with Crippen molar-refractivity contribution in [1.82, 2.24) is 0 Å². The minimum atomic E-state index is -0.107. The molecule has 2 heteroatoms. The van der Waals surface area contributed by atoms with Crippen LogP contribution < -0.4 is 10.2 Å². The Morgan fingerprint density at radius 2 is 2.14 bits per heavy atom. The molecule has 0 saturated carbocycles. The molecule has 2 nitrogen and oxygen atoms in total. The van der Waals surface area contributed by atoms with Crippen LogP contribution in [0.4, 0.5) is 0 Å². The van der Waals surface area contributed by atoms with Gasteiger partial charge >= 0.3 is 0 Å². The standard InChI is InChI=1S/C12H12O2/c1-3-4-7-10-8-5-6-9-11(13)12(10)14-2/h1,5-6,8-9H,4,7H2,2H3. The van der Waals surface area contributed by atoms with E-state index in [9.17, 15) is 4.79 Å². The fraction of sp³-hybridized carbons (Fsp3) is 0.250. The van der Waals surface area contributed by atoms with Crippen LogP contribution in [0.1, 0.15) is 12.0 Å². The van der Waals surface area contributed by atoms with Crippen LogP contribution in [0.3, 0.4) is 0 Å². The zero-order valence-electron chi connectivity index (χ0n) is 8.12. The van der Waals surface area contributed by atoms with Crippen molar-refractivity contribution in [3.05, 3.63) is 40.1 Å². The third kappa shape index (κ3) is 2.37. The van der Waals surface area contributed by atoms with Gasteiger partial charge in [0.05, 0.1) is 7.11 Å². The third-order valence-electron chi connectivity index (χ3n) is 1.91. The molecule has 0 aliphatic rings. The summed E-state index contributed by atoms with van der Waals surface area (Å²) >= 11 is 0. The largest absolute Gasteiger partial charge is 0.492 e. The van der Waals surface area contributed by atoms with Gasteiger partial charge in [0.15, 0.2) is 5.75 Å². The summed E-state index contributed by atoms with van der Waals surface area (Å²) in [6.07, 6.45) is 6.45. The summed E-state index contributed by atoms with van der Waals surface area (Å²) in [7, 11) is 1.50. The Balaban J connectivity index is 3.16. The lowest BCUT2D eigenvalue weighted by molar-refractivity contribution is 0.406. The van der Waals surface area contributed by atoms with Gasteiger partial charge in [-0.25, -0.2) is 0 Å². The molecule has 1 aromatic rings. The van der Waals surface area contributed by atoms with Gasteiger partial charge in [-0.05, 0) is 18.1 Å². The normalized spacial score (nSPS) is 9.14. The van der Waals surface area contributed by atoms with E-state index in [4.69, 9.17) is 11.2 Å². The highest BCUT2D eigenvalue weighted by Gasteiger charge is 2.03. The van der Waals surface area contributed by atoms with Crippen molar-refractivity contribution in [2.45, 2.75) is 12.8 Å². The predicted octanol–water partition coefficient (Wildman–Crippen LogP) is 1.62. The highest BCUT2D eigenvalue weighted by atomic mass is 16.5. The minimum Gasteiger partial charge on any atom is -0.492 e. The zero-order chi connectivity index (χ0) is 10.4. The van der Waals surface area contributed by atoms with Crippen molar-refractivity contribution in [1.29, 1.82) is 0 Å². The topological polar surface area (TPSA) is 26.3 Å². The van der Waals surface area contributed by atoms with E-state index in [1.54, 1.807) is 6.07 Å². The van der Waals surface area contributed by atoms with Crippen LogP contribution in [-0.2, 0) is 6.42 Å². The summed E-state index contributed by atoms with van der Waals surface area (Å²) in [5.41, 5.74) is 0.755. The van der Waals surface area contributed by atoms with Gasteiger partial charge in [-0.15, -0.1) is 12.3 Å². The Labute approximate surface area is 83.5 Å². The summed E-state index contributed by atoms with van der Waals surface area (Å²) in [5, 5.41) is 0. The van der Waals surface area contributed by atoms with Gasteiger partial charge in [0.25, 0.3) is 0 Å². The molecule has 0 atom stereocenters. The van der Waals surface area contributed by atoms with E-state index in [1.807, 2.05) is 12.1 Å². The molecule has 0 unspecified atom stereocenters. The van der Waals surface area contributed by atoms with Crippen LogP contribution in [0, 0.1) is 12.3 Å². The third-order valence-corrected chi connectivity index (χ3v) is 1.91. The van der Waals surface area contributed by atoms with Crippen molar-refractivity contribution < 1.29 is 4.74 Å². The number of rotatable bonds is 3. The van der Waals surface area contributed by atoms with E-state index in [0.717, 1.165) is 5.56 Å². The number of hydrogen-bond acceptors (Lipinski definition) is 2. The average molecular weight is 188 g/mol. The van der Waals surface area contributed by atoms with E-state index >= 15 is 0 Å². The lowest BCUT2D eigenvalue weighted by Gasteiger charge is -2.01. The molecule has 0 aliphatic heterocycles. The first kappa shape index (κ1) is 10.3. The molecule has 0 aromatic heterocycles. The Morgan fingerprint density at radius 1 is 1.43 bits per heavy atom. The molecule has 0 fully saturated rings. The number of aryl methyl sites for hydroxylation is 1. The van der Waals surface area contributed by atoms with Crippen LogP contribution in [0.15, 0.2) is 29.1 Å². The zero-order valence-corrected chi connectivity index (χ0v) is 8.12. The molecule has 14 heavy (non-hydrogen) atoms. The van der Waals surface area contributed by atoms with Gasteiger partial charge in [-0.1, -0.05) is 18.2 Å². The Hall–Kier alpha value is -1.75. The fourth-order valence-electron chi connectivity index (χ4n) is 1.26. The maximum atomic E-state index is 11.5. The fourth-order valence-corrected chi connectivity index (χ4v) is 1.26. The molecule has 0 bridgehead atoms. The number of ether oxygens (including phenoxy) is 1. The Kier molecular flexibility index (Phi) is 3.75. The first-order valence-corrected chi connectivity index (χ1v) is 4.39.